The highest BCUT2D eigenvalue weighted by Crippen LogP contribution is 2.26. The molecule has 35 heavy (non-hydrogen) atoms. The number of hydrogen-bond donors (Lipinski definition) is 1. The molecule has 0 spiro atoms. The van der Waals surface area contributed by atoms with Crippen LogP contribution in [0.25, 0.3) is 11.1 Å². The van der Waals surface area contributed by atoms with Gasteiger partial charge in [0, 0.05) is 36.0 Å². The summed E-state index contributed by atoms with van der Waals surface area (Å²) in [6, 6.07) is 24.9. The van der Waals surface area contributed by atoms with Crippen molar-refractivity contribution in [3.8, 4) is 23.3 Å². The van der Waals surface area contributed by atoms with Crippen molar-refractivity contribution < 1.29 is 4.79 Å². The van der Waals surface area contributed by atoms with Crippen LogP contribution in [0.2, 0.25) is 5.02 Å². The quantitative estimate of drug-likeness (QED) is 0.461. The Labute approximate surface area is 211 Å². The van der Waals surface area contributed by atoms with Crippen molar-refractivity contribution in [3.05, 3.63) is 82.9 Å². The zero-order valence-electron chi connectivity index (χ0n) is 19.5. The van der Waals surface area contributed by atoms with E-state index in [2.05, 4.69) is 22.4 Å². The maximum absolute atomic E-state index is 13.4. The van der Waals surface area contributed by atoms with Gasteiger partial charge in [-0.1, -0.05) is 35.9 Å². The molecule has 0 saturated carbocycles. The van der Waals surface area contributed by atoms with E-state index in [-0.39, 0.29) is 11.9 Å². The van der Waals surface area contributed by atoms with E-state index in [9.17, 15) is 15.3 Å². The van der Waals surface area contributed by atoms with Crippen LogP contribution in [0, 0.1) is 35.5 Å². The third-order valence-corrected chi connectivity index (χ3v) is 6.36. The molecule has 0 aromatic heterocycles. The molecule has 0 aliphatic carbocycles. The van der Waals surface area contributed by atoms with Crippen LogP contribution in [0.15, 0.2) is 66.7 Å². The normalized spacial score (nSPS) is 15.3. The molecule has 3 aromatic rings. The van der Waals surface area contributed by atoms with Crippen molar-refractivity contribution >= 4 is 29.0 Å². The Morgan fingerprint density at radius 2 is 1.91 bits per heavy atom. The lowest BCUT2D eigenvalue weighted by Crippen LogP contribution is -2.40. The molecule has 1 unspecified atom stereocenters. The predicted octanol–water partition coefficient (Wildman–Crippen LogP) is 6.07. The van der Waals surface area contributed by atoms with E-state index in [0.717, 1.165) is 41.9 Å². The molecule has 1 atom stereocenters. The van der Waals surface area contributed by atoms with Crippen molar-refractivity contribution in [1.82, 2.24) is 4.90 Å². The van der Waals surface area contributed by atoms with Crippen molar-refractivity contribution in [2.75, 3.05) is 36.4 Å². The number of carbonyl (C=O) groups is 1. The second-order valence-electron chi connectivity index (χ2n) is 8.75. The average molecular weight is 484 g/mol. The third-order valence-electron chi connectivity index (χ3n) is 6.14. The van der Waals surface area contributed by atoms with Crippen LogP contribution in [0.1, 0.15) is 17.5 Å². The van der Waals surface area contributed by atoms with Crippen molar-refractivity contribution in [2.24, 2.45) is 5.92 Å². The van der Waals surface area contributed by atoms with Gasteiger partial charge in [0.1, 0.15) is 0 Å². The van der Waals surface area contributed by atoms with Gasteiger partial charge in [-0.3, -0.25) is 4.90 Å². The zero-order valence-corrected chi connectivity index (χ0v) is 20.3. The Morgan fingerprint density at radius 1 is 1.11 bits per heavy atom. The van der Waals surface area contributed by atoms with Crippen LogP contribution in [0.5, 0.6) is 0 Å². The molecule has 0 radical (unpaired) electrons. The predicted molar refractivity (Wildman–Crippen MR) is 139 cm³/mol. The van der Waals surface area contributed by atoms with Gasteiger partial charge in [-0.15, -0.1) is 0 Å². The smallest absolute Gasteiger partial charge is 0.307 e. The van der Waals surface area contributed by atoms with E-state index in [1.807, 2.05) is 61.5 Å². The first kappa shape index (κ1) is 24.3. The number of nitriles is 2. The molecule has 176 valence electrons. The molecule has 1 aliphatic rings. The number of urea groups is 1. The number of carbonyl (C=O) groups excluding carboxylic acids is 1. The molecule has 4 rings (SSSR count). The molecule has 1 fully saturated rings. The van der Waals surface area contributed by atoms with Crippen LogP contribution in [0.4, 0.5) is 16.2 Å². The summed E-state index contributed by atoms with van der Waals surface area (Å²) in [5, 5.41) is 21.9. The van der Waals surface area contributed by atoms with E-state index in [0.29, 0.717) is 29.4 Å². The summed E-state index contributed by atoms with van der Waals surface area (Å²) in [5.74, 6) is 0.0511. The Bertz CT molecular complexity index is 1270. The first-order chi connectivity index (χ1) is 16.9. The molecule has 6 nitrogen and oxygen atoms in total. The number of amides is 2. The first-order valence-electron chi connectivity index (χ1n) is 11.5. The molecule has 2 amide bonds. The lowest BCUT2D eigenvalue weighted by molar-refractivity contribution is 0.255. The first-order valence-corrected chi connectivity index (χ1v) is 11.9. The van der Waals surface area contributed by atoms with Crippen LogP contribution in [0.3, 0.4) is 0 Å². The fourth-order valence-electron chi connectivity index (χ4n) is 4.33. The van der Waals surface area contributed by atoms with Crippen molar-refractivity contribution in [3.63, 3.8) is 0 Å². The minimum absolute atomic E-state index is 0.0511. The van der Waals surface area contributed by atoms with Crippen molar-refractivity contribution in [1.29, 1.82) is 10.5 Å². The van der Waals surface area contributed by atoms with Crippen molar-refractivity contribution in [2.45, 2.75) is 13.3 Å². The largest absolute Gasteiger partial charge is 0.326 e. The number of benzene rings is 3. The van der Waals surface area contributed by atoms with Crippen LogP contribution >= 0.6 is 11.6 Å². The summed E-state index contributed by atoms with van der Waals surface area (Å²) in [5.41, 5.74) is 4.88. The van der Waals surface area contributed by atoms with Gasteiger partial charge in [-0.05, 0) is 79.0 Å². The second-order valence-corrected chi connectivity index (χ2v) is 9.19. The van der Waals surface area contributed by atoms with Gasteiger partial charge in [0.15, 0.2) is 0 Å². The number of anilines is 2. The van der Waals surface area contributed by atoms with E-state index >= 15 is 0 Å². The van der Waals surface area contributed by atoms with E-state index in [4.69, 9.17) is 11.6 Å². The molecule has 0 bridgehead atoms. The van der Waals surface area contributed by atoms with E-state index < -0.39 is 0 Å². The number of rotatable bonds is 6. The summed E-state index contributed by atoms with van der Waals surface area (Å²) in [6.45, 7) is 4.67. The molecule has 1 saturated heterocycles. The molecule has 3 aromatic carbocycles. The Kier molecular flexibility index (Phi) is 7.67. The average Bonchev–Trinajstić information content (AvgIpc) is 3.32. The molecular weight excluding hydrogens is 458 g/mol. The maximum Gasteiger partial charge on any atom is 0.326 e. The highest BCUT2D eigenvalue weighted by Gasteiger charge is 2.24. The van der Waals surface area contributed by atoms with Crippen LogP contribution in [-0.4, -0.2) is 37.1 Å². The minimum Gasteiger partial charge on any atom is -0.307 e. The van der Waals surface area contributed by atoms with Gasteiger partial charge in [0.25, 0.3) is 0 Å². The second kappa shape index (κ2) is 11.1. The van der Waals surface area contributed by atoms with Gasteiger partial charge >= 0.3 is 6.03 Å². The van der Waals surface area contributed by atoms with Gasteiger partial charge in [-0.2, -0.15) is 10.5 Å². The fraction of sp³-hybridized carbons (Fsp3) is 0.250. The summed E-state index contributed by atoms with van der Waals surface area (Å²) in [4.78, 5) is 17.3. The summed E-state index contributed by atoms with van der Waals surface area (Å²) >= 11 is 6.18. The summed E-state index contributed by atoms with van der Waals surface area (Å²) in [7, 11) is 0. The molecular formula is C28H26ClN5O. The lowest BCUT2D eigenvalue weighted by atomic mass is 10.0. The van der Waals surface area contributed by atoms with E-state index in [1.165, 1.54) is 0 Å². The van der Waals surface area contributed by atoms with Gasteiger partial charge in [-0.25, -0.2) is 4.79 Å². The van der Waals surface area contributed by atoms with Gasteiger partial charge < -0.3 is 10.2 Å². The number of halogens is 1. The summed E-state index contributed by atoms with van der Waals surface area (Å²) < 4.78 is 0. The zero-order chi connectivity index (χ0) is 24.8. The number of nitrogens with zero attached hydrogens (tertiary/aromatic N) is 4. The SMILES string of the molecule is Cc1cc(Cl)cc(NC(=O)N(CCN2CCC(C#N)C2)c2ccc(-c3cccc(C#N)c3)cc2)c1. The van der Waals surface area contributed by atoms with Gasteiger partial charge in [0.05, 0.1) is 23.6 Å². The lowest BCUT2D eigenvalue weighted by Gasteiger charge is -2.26. The standard InChI is InChI=1S/C28H26ClN5O/c1-20-13-25(29)16-26(14-20)32-28(35)34(12-11-33-10-9-22(18-31)19-33)27-7-5-23(6-8-27)24-4-2-3-21(15-24)17-30/h2-8,13-16,22H,9-12,19H2,1H3,(H,32,35). The third kappa shape index (κ3) is 6.19. The Balaban J connectivity index is 1.55. The molecule has 1 heterocycles. The maximum atomic E-state index is 13.4. The van der Waals surface area contributed by atoms with Crippen LogP contribution < -0.4 is 10.2 Å². The number of nitrogens with one attached hydrogen (secondary N) is 1. The topological polar surface area (TPSA) is 83.2 Å². The van der Waals surface area contributed by atoms with Gasteiger partial charge in [0.2, 0.25) is 0 Å². The monoisotopic (exact) mass is 483 g/mol. The number of aryl methyl sites for hydroxylation is 1. The minimum atomic E-state index is -0.248. The highest BCUT2D eigenvalue weighted by atomic mass is 35.5. The Morgan fingerprint density at radius 3 is 2.60 bits per heavy atom. The number of likely N-dealkylation sites (tertiary alicyclic amines) is 1. The Hall–Kier alpha value is -3.84. The highest BCUT2D eigenvalue weighted by molar-refractivity contribution is 6.31. The van der Waals surface area contributed by atoms with E-state index in [1.54, 1.807) is 17.0 Å². The number of hydrogen-bond acceptors (Lipinski definition) is 4. The molecule has 1 N–H and O–H groups in total. The summed E-state index contributed by atoms with van der Waals surface area (Å²) in [6.07, 6.45) is 0.862. The van der Waals surface area contributed by atoms with Crippen LogP contribution in [-0.2, 0) is 0 Å². The molecule has 7 heteroatoms. The fourth-order valence-corrected chi connectivity index (χ4v) is 4.62. The molecule has 1 aliphatic heterocycles.